The zero-order chi connectivity index (χ0) is 19.2. The van der Waals surface area contributed by atoms with Crippen LogP contribution in [0.25, 0.3) is 10.9 Å². The zero-order valence-electron chi connectivity index (χ0n) is 14.7. The minimum Gasteiger partial charge on any atom is -0.350 e. The third-order valence-electron chi connectivity index (χ3n) is 4.83. The molecule has 0 saturated carbocycles. The number of aromatic nitrogens is 3. The van der Waals surface area contributed by atoms with Crippen molar-refractivity contribution in [3.8, 4) is 0 Å². The molecule has 0 spiro atoms. The van der Waals surface area contributed by atoms with Gasteiger partial charge in [-0.3, -0.25) is 14.2 Å². The Morgan fingerprint density at radius 2 is 1.93 bits per heavy atom. The van der Waals surface area contributed by atoms with Crippen LogP contribution in [0.5, 0.6) is 0 Å². The van der Waals surface area contributed by atoms with E-state index in [0.29, 0.717) is 18.6 Å². The lowest BCUT2D eigenvalue weighted by atomic mass is 10.1. The number of imidazole rings is 1. The normalized spacial score (nSPS) is 15.4. The van der Waals surface area contributed by atoms with Gasteiger partial charge in [0.1, 0.15) is 11.9 Å². The lowest BCUT2D eigenvalue weighted by Gasteiger charge is -2.16. The van der Waals surface area contributed by atoms with Crippen LogP contribution in [0.4, 0.5) is 0 Å². The number of carbonyl (C=O) groups is 1. The highest BCUT2D eigenvalue weighted by atomic mass is 32.2. The molecule has 0 N–H and O–H groups in total. The number of hydrogen-bond donors (Lipinski definition) is 0. The van der Waals surface area contributed by atoms with E-state index in [-0.39, 0.29) is 15.8 Å². The van der Waals surface area contributed by atoms with Gasteiger partial charge in [0.15, 0.2) is 0 Å². The Bertz CT molecular complexity index is 1190. The average Bonchev–Trinajstić information content (AvgIpc) is 3.37. The smallest absolute Gasteiger partial charge is 0.268 e. The molecule has 0 atom stereocenters. The molecule has 1 fully saturated rings. The van der Waals surface area contributed by atoms with E-state index in [1.807, 2.05) is 0 Å². The Labute approximate surface area is 155 Å². The highest BCUT2D eigenvalue weighted by Crippen LogP contribution is 2.23. The molecular weight excluding hydrogens is 368 g/mol. The van der Waals surface area contributed by atoms with Crippen LogP contribution < -0.4 is 5.43 Å². The van der Waals surface area contributed by atoms with Crippen LogP contribution in [0.1, 0.15) is 23.2 Å². The Hall–Kier alpha value is -2.78. The molecule has 0 amide bonds. The number of pyridine rings is 1. The second kappa shape index (κ2) is 6.43. The summed E-state index contributed by atoms with van der Waals surface area (Å²) in [6, 6.07) is 4.48. The van der Waals surface area contributed by atoms with Gasteiger partial charge in [-0.2, -0.15) is 4.31 Å². The lowest BCUT2D eigenvalue weighted by Crippen LogP contribution is -2.28. The lowest BCUT2D eigenvalue weighted by molar-refractivity contribution is 0.0958. The number of nitrogens with zero attached hydrogens (tertiary/aromatic N) is 4. The molecular formula is C18H18N4O4S. The van der Waals surface area contributed by atoms with Gasteiger partial charge in [0.05, 0.1) is 10.4 Å². The maximum Gasteiger partial charge on any atom is 0.268 e. The van der Waals surface area contributed by atoms with Crippen LogP contribution in [-0.4, -0.2) is 45.8 Å². The summed E-state index contributed by atoms with van der Waals surface area (Å²) in [4.78, 5) is 29.4. The molecule has 2 aromatic heterocycles. The van der Waals surface area contributed by atoms with Crippen molar-refractivity contribution in [3.63, 3.8) is 0 Å². The SMILES string of the molecule is Cn1cc(C(=O)n2ccnc2)c(=O)c2cc(S(=O)(=O)N3CCCC3)ccc21. The minimum absolute atomic E-state index is 0.0429. The second-order valence-corrected chi connectivity index (χ2v) is 8.49. The third-order valence-corrected chi connectivity index (χ3v) is 6.73. The summed E-state index contributed by atoms with van der Waals surface area (Å²) in [7, 11) is -1.94. The van der Waals surface area contributed by atoms with Crippen LogP contribution in [-0.2, 0) is 17.1 Å². The van der Waals surface area contributed by atoms with Gasteiger partial charge in [-0.25, -0.2) is 13.4 Å². The van der Waals surface area contributed by atoms with E-state index in [9.17, 15) is 18.0 Å². The first kappa shape index (κ1) is 17.6. The van der Waals surface area contributed by atoms with Crippen LogP contribution in [0.3, 0.4) is 0 Å². The van der Waals surface area contributed by atoms with E-state index in [4.69, 9.17) is 0 Å². The van der Waals surface area contributed by atoms with Crippen molar-refractivity contribution in [1.29, 1.82) is 0 Å². The van der Waals surface area contributed by atoms with Crippen molar-refractivity contribution in [2.45, 2.75) is 17.7 Å². The number of carbonyl (C=O) groups excluding carboxylic acids is 1. The Morgan fingerprint density at radius 3 is 2.59 bits per heavy atom. The summed E-state index contributed by atoms with van der Waals surface area (Å²) in [5.74, 6) is -0.511. The Kier molecular flexibility index (Phi) is 4.20. The van der Waals surface area contributed by atoms with Crippen molar-refractivity contribution < 1.29 is 13.2 Å². The summed E-state index contributed by atoms with van der Waals surface area (Å²) in [5.41, 5.74) is 0.0153. The quantitative estimate of drug-likeness (QED) is 0.674. The first-order valence-corrected chi connectivity index (χ1v) is 10.00. The standard InChI is InChI=1S/C18H18N4O4S/c1-20-11-15(18(24)21-9-6-19-12-21)17(23)14-10-13(4-5-16(14)20)27(25,26)22-7-2-3-8-22/h4-6,9-12H,2-3,7-8H2,1H3. The predicted octanol–water partition coefficient (Wildman–Crippen LogP) is 1.21. The molecule has 1 aliphatic heterocycles. The minimum atomic E-state index is -3.65. The van der Waals surface area contributed by atoms with Crippen molar-refractivity contribution in [2.75, 3.05) is 13.1 Å². The number of aryl methyl sites for hydroxylation is 1. The molecule has 3 heterocycles. The Balaban J connectivity index is 1.89. The van der Waals surface area contributed by atoms with E-state index in [1.165, 1.54) is 45.9 Å². The van der Waals surface area contributed by atoms with Crippen molar-refractivity contribution >= 4 is 26.8 Å². The molecule has 1 aliphatic rings. The maximum absolute atomic E-state index is 12.9. The van der Waals surface area contributed by atoms with Crippen molar-refractivity contribution in [2.24, 2.45) is 7.05 Å². The van der Waals surface area contributed by atoms with E-state index >= 15 is 0 Å². The van der Waals surface area contributed by atoms with E-state index < -0.39 is 21.4 Å². The van der Waals surface area contributed by atoms with E-state index in [1.54, 1.807) is 17.7 Å². The second-order valence-electron chi connectivity index (χ2n) is 6.55. The summed E-state index contributed by atoms with van der Waals surface area (Å²) in [6.45, 7) is 0.967. The van der Waals surface area contributed by atoms with Crippen LogP contribution >= 0.6 is 0 Å². The fourth-order valence-electron chi connectivity index (χ4n) is 3.38. The molecule has 0 bridgehead atoms. The van der Waals surface area contributed by atoms with Gasteiger partial charge >= 0.3 is 0 Å². The van der Waals surface area contributed by atoms with Gasteiger partial charge in [0, 0.05) is 44.1 Å². The van der Waals surface area contributed by atoms with Gasteiger partial charge in [0.25, 0.3) is 5.91 Å². The first-order valence-electron chi connectivity index (χ1n) is 8.56. The number of benzene rings is 1. The summed E-state index contributed by atoms with van der Waals surface area (Å²) < 4.78 is 29.9. The molecule has 3 aromatic rings. The highest BCUT2D eigenvalue weighted by molar-refractivity contribution is 7.89. The predicted molar refractivity (Wildman–Crippen MR) is 99.1 cm³/mol. The molecule has 27 heavy (non-hydrogen) atoms. The molecule has 0 radical (unpaired) electrons. The van der Waals surface area contributed by atoms with Crippen LogP contribution in [0.15, 0.2) is 52.8 Å². The average molecular weight is 386 g/mol. The first-order chi connectivity index (χ1) is 12.9. The van der Waals surface area contributed by atoms with Gasteiger partial charge in [0.2, 0.25) is 15.5 Å². The summed E-state index contributed by atoms with van der Waals surface area (Å²) in [5, 5.41) is 0.198. The molecule has 1 saturated heterocycles. The van der Waals surface area contributed by atoms with Crippen molar-refractivity contribution in [3.05, 3.63) is 58.9 Å². The molecule has 0 aliphatic carbocycles. The van der Waals surface area contributed by atoms with Gasteiger partial charge in [-0.15, -0.1) is 0 Å². The topological polar surface area (TPSA) is 94.3 Å². The van der Waals surface area contributed by atoms with Gasteiger partial charge in [-0.1, -0.05) is 0 Å². The number of sulfonamides is 1. The fraction of sp³-hybridized carbons (Fsp3) is 0.278. The maximum atomic E-state index is 12.9. The number of fused-ring (bicyclic) bond motifs is 1. The zero-order valence-corrected chi connectivity index (χ0v) is 15.5. The van der Waals surface area contributed by atoms with Crippen LogP contribution in [0, 0.1) is 0 Å². The van der Waals surface area contributed by atoms with Gasteiger partial charge in [-0.05, 0) is 31.0 Å². The third kappa shape index (κ3) is 2.88. The fourth-order valence-corrected chi connectivity index (χ4v) is 4.92. The summed E-state index contributed by atoms with van der Waals surface area (Å²) in [6.07, 6.45) is 7.35. The Morgan fingerprint density at radius 1 is 1.19 bits per heavy atom. The largest absolute Gasteiger partial charge is 0.350 e. The van der Waals surface area contributed by atoms with Crippen LogP contribution in [0.2, 0.25) is 0 Å². The molecule has 9 heteroatoms. The number of rotatable bonds is 3. The van der Waals surface area contributed by atoms with Crippen molar-refractivity contribution in [1.82, 2.24) is 18.4 Å². The molecule has 140 valence electrons. The summed E-state index contributed by atoms with van der Waals surface area (Å²) >= 11 is 0. The number of hydrogen-bond acceptors (Lipinski definition) is 5. The monoisotopic (exact) mass is 386 g/mol. The van der Waals surface area contributed by atoms with E-state index in [2.05, 4.69) is 4.98 Å². The molecule has 4 rings (SSSR count). The molecule has 1 aromatic carbocycles. The molecule has 8 nitrogen and oxygen atoms in total. The van der Waals surface area contributed by atoms with E-state index in [0.717, 1.165) is 12.8 Å². The van der Waals surface area contributed by atoms with Gasteiger partial charge < -0.3 is 4.57 Å². The molecule has 0 unspecified atom stereocenters. The highest BCUT2D eigenvalue weighted by Gasteiger charge is 2.28.